The lowest BCUT2D eigenvalue weighted by molar-refractivity contribution is -0.120. The first kappa shape index (κ1) is 22.9. The number of benzene rings is 2. The van der Waals surface area contributed by atoms with Crippen molar-refractivity contribution in [2.45, 2.75) is 46.1 Å². The molecule has 0 aromatic heterocycles. The monoisotopic (exact) mass is 416 g/mol. The molecular weight excluding hydrogens is 384 g/mol. The summed E-state index contributed by atoms with van der Waals surface area (Å²) in [7, 11) is -3.62. The molecule has 2 rings (SSSR count). The molecular formula is C23H32N2O3S. The van der Waals surface area contributed by atoms with Crippen LogP contribution < -0.4 is 9.62 Å². The van der Waals surface area contributed by atoms with E-state index in [9.17, 15) is 13.2 Å². The molecule has 0 bridgehead atoms. The van der Waals surface area contributed by atoms with E-state index in [1.54, 1.807) is 12.1 Å². The third kappa shape index (κ3) is 6.60. The highest BCUT2D eigenvalue weighted by molar-refractivity contribution is 7.92. The van der Waals surface area contributed by atoms with Crippen LogP contribution in [0.1, 0.15) is 57.2 Å². The van der Waals surface area contributed by atoms with Crippen LogP contribution >= 0.6 is 0 Å². The van der Waals surface area contributed by atoms with Gasteiger partial charge in [-0.3, -0.25) is 9.10 Å². The van der Waals surface area contributed by atoms with Gasteiger partial charge < -0.3 is 5.32 Å². The van der Waals surface area contributed by atoms with Gasteiger partial charge in [-0.2, -0.15) is 0 Å². The van der Waals surface area contributed by atoms with Crippen LogP contribution in [0.4, 0.5) is 5.69 Å². The summed E-state index contributed by atoms with van der Waals surface area (Å²) in [6.45, 7) is 7.97. The predicted octanol–water partition coefficient (Wildman–Crippen LogP) is 4.48. The molecule has 0 aliphatic carbocycles. The first-order chi connectivity index (χ1) is 13.6. The molecule has 29 heavy (non-hydrogen) atoms. The van der Waals surface area contributed by atoms with Crippen molar-refractivity contribution in [1.82, 2.24) is 5.32 Å². The van der Waals surface area contributed by atoms with Gasteiger partial charge in [-0.1, -0.05) is 76.2 Å². The Morgan fingerprint density at radius 1 is 0.966 bits per heavy atom. The van der Waals surface area contributed by atoms with Crippen molar-refractivity contribution in [3.8, 4) is 0 Å². The van der Waals surface area contributed by atoms with Crippen molar-refractivity contribution >= 4 is 21.6 Å². The fourth-order valence-electron chi connectivity index (χ4n) is 3.39. The molecule has 0 unspecified atom stereocenters. The summed E-state index contributed by atoms with van der Waals surface area (Å²) in [5.74, 6) is 0.202. The zero-order chi connectivity index (χ0) is 21.6. The third-order valence-corrected chi connectivity index (χ3v) is 5.89. The fraction of sp³-hybridized carbons (Fsp3) is 0.435. The van der Waals surface area contributed by atoms with E-state index in [0.29, 0.717) is 11.6 Å². The van der Waals surface area contributed by atoms with Gasteiger partial charge in [-0.15, -0.1) is 0 Å². The predicted molar refractivity (Wildman–Crippen MR) is 120 cm³/mol. The van der Waals surface area contributed by atoms with E-state index in [0.717, 1.165) is 23.8 Å². The van der Waals surface area contributed by atoms with Gasteiger partial charge in [0, 0.05) is 0 Å². The number of carbonyl (C=O) groups is 1. The molecule has 0 spiro atoms. The van der Waals surface area contributed by atoms with Gasteiger partial charge in [0.2, 0.25) is 15.9 Å². The summed E-state index contributed by atoms with van der Waals surface area (Å²) in [4.78, 5) is 12.9. The van der Waals surface area contributed by atoms with Crippen molar-refractivity contribution in [2.75, 3.05) is 17.1 Å². The topological polar surface area (TPSA) is 66.5 Å². The van der Waals surface area contributed by atoms with Crippen LogP contribution in [0.5, 0.6) is 0 Å². The molecule has 1 amide bonds. The van der Waals surface area contributed by atoms with Crippen molar-refractivity contribution in [2.24, 2.45) is 5.92 Å². The van der Waals surface area contributed by atoms with E-state index in [-0.39, 0.29) is 24.4 Å². The molecule has 1 atom stereocenters. The zero-order valence-electron chi connectivity index (χ0n) is 17.9. The number of nitrogens with one attached hydrogen (secondary N) is 1. The minimum absolute atomic E-state index is 0.136. The lowest BCUT2D eigenvalue weighted by Gasteiger charge is -2.27. The number of hydrogen-bond donors (Lipinski definition) is 1. The largest absolute Gasteiger partial charge is 0.348 e. The molecule has 0 heterocycles. The summed E-state index contributed by atoms with van der Waals surface area (Å²) >= 11 is 0. The maximum Gasteiger partial charge on any atom is 0.241 e. The maximum atomic E-state index is 12.9. The van der Waals surface area contributed by atoms with Crippen molar-refractivity contribution in [3.63, 3.8) is 0 Å². The number of hydrogen-bond acceptors (Lipinski definition) is 3. The lowest BCUT2D eigenvalue weighted by Crippen LogP contribution is -2.42. The number of rotatable bonds is 9. The van der Waals surface area contributed by atoms with Crippen LogP contribution in [0.3, 0.4) is 0 Å². The molecule has 0 aliphatic heterocycles. The molecule has 6 heteroatoms. The number of anilines is 1. The van der Waals surface area contributed by atoms with Crippen LogP contribution in [-0.2, 0) is 14.8 Å². The Morgan fingerprint density at radius 3 is 2.10 bits per heavy atom. The van der Waals surface area contributed by atoms with Crippen molar-refractivity contribution in [1.29, 1.82) is 0 Å². The second-order valence-corrected chi connectivity index (χ2v) is 10.1. The Hall–Kier alpha value is -2.34. The van der Waals surface area contributed by atoms with Gasteiger partial charge in [-0.25, -0.2) is 8.42 Å². The minimum atomic E-state index is -3.62. The standard InChI is InChI=1S/C23H32N2O3S/c1-17(2)15-21(19-11-7-6-8-12-19)24-23(26)16-25(29(5,27)28)22-14-10-9-13-20(22)18(3)4/h6-14,17-18,21H,15-16H2,1-5H3,(H,24,26)/t21-/m0/s1. The quantitative estimate of drug-likeness (QED) is 0.655. The first-order valence-corrected chi connectivity index (χ1v) is 11.8. The molecule has 0 radical (unpaired) electrons. The van der Waals surface area contributed by atoms with E-state index in [2.05, 4.69) is 19.2 Å². The average molecular weight is 417 g/mol. The van der Waals surface area contributed by atoms with E-state index >= 15 is 0 Å². The molecule has 1 N–H and O–H groups in total. The molecule has 158 valence electrons. The summed E-state index contributed by atoms with van der Waals surface area (Å²) in [5, 5.41) is 3.04. The molecule has 0 saturated carbocycles. The van der Waals surface area contributed by atoms with Crippen LogP contribution in [-0.4, -0.2) is 27.1 Å². The van der Waals surface area contributed by atoms with Crippen LogP contribution in [0.2, 0.25) is 0 Å². The van der Waals surface area contributed by atoms with Gasteiger partial charge in [0.15, 0.2) is 0 Å². The Bertz CT molecular complexity index is 909. The number of sulfonamides is 1. The third-order valence-electron chi connectivity index (χ3n) is 4.76. The second-order valence-electron chi connectivity index (χ2n) is 8.14. The van der Waals surface area contributed by atoms with E-state index < -0.39 is 10.0 Å². The van der Waals surface area contributed by atoms with Crippen molar-refractivity contribution < 1.29 is 13.2 Å². The summed E-state index contributed by atoms with van der Waals surface area (Å²) in [6.07, 6.45) is 1.91. The van der Waals surface area contributed by atoms with Crippen LogP contribution in [0, 0.1) is 5.92 Å². The van der Waals surface area contributed by atoms with E-state index in [1.165, 1.54) is 4.31 Å². The first-order valence-electron chi connectivity index (χ1n) is 10.0. The number of para-hydroxylation sites is 1. The highest BCUT2D eigenvalue weighted by Gasteiger charge is 2.25. The zero-order valence-corrected chi connectivity index (χ0v) is 18.7. The summed E-state index contributed by atoms with van der Waals surface area (Å²) in [6, 6.07) is 17.0. The number of nitrogens with zero attached hydrogens (tertiary/aromatic N) is 1. The van der Waals surface area contributed by atoms with E-state index in [1.807, 2.05) is 56.3 Å². The maximum absolute atomic E-state index is 12.9. The number of carbonyl (C=O) groups excluding carboxylic acids is 1. The normalized spacial score (nSPS) is 12.8. The molecule has 0 saturated heterocycles. The average Bonchev–Trinajstić information content (AvgIpc) is 2.65. The molecule has 5 nitrogen and oxygen atoms in total. The van der Waals surface area contributed by atoms with Gasteiger partial charge in [0.05, 0.1) is 18.0 Å². The summed E-state index contributed by atoms with van der Waals surface area (Å²) in [5.41, 5.74) is 2.47. The Morgan fingerprint density at radius 2 is 1.55 bits per heavy atom. The minimum Gasteiger partial charge on any atom is -0.348 e. The second kappa shape index (κ2) is 9.92. The molecule has 2 aromatic carbocycles. The highest BCUT2D eigenvalue weighted by Crippen LogP contribution is 2.29. The van der Waals surface area contributed by atoms with Crippen LogP contribution in [0.25, 0.3) is 0 Å². The smallest absolute Gasteiger partial charge is 0.241 e. The molecule has 2 aromatic rings. The lowest BCUT2D eigenvalue weighted by atomic mass is 9.97. The summed E-state index contributed by atoms with van der Waals surface area (Å²) < 4.78 is 26.2. The Balaban J connectivity index is 2.29. The number of amides is 1. The van der Waals surface area contributed by atoms with Gasteiger partial charge >= 0.3 is 0 Å². The van der Waals surface area contributed by atoms with Crippen molar-refractivity contribution in [3.05, 3.63) is 65.7 Å². The van der Waals surface area contributed by atoms with E-state index in [4.69, 9.17) is 0 Å². The Kier molecular flexibility index (Phi) is 7.85. The Labute approximate surface area is 175 Å². The van der Waals surface area contributed by atoms with Crippen LogP contribution in [0.15, 0.2) is 54.6 Å². The van der Waals surface area contributed by atoms with Gasteiger partial charge in [-0.05, 0) is 35.4 Å². The fourth-order valence-corrected chi connectivity index (χ4v) is 4.26. The van der Waals surface area contributed by atoms with Gasteiger partial charge in [0.25, 0.3) is 0 Å². The highest BCUT2D eigenvalue weighted by atomic mass is 32.2. The van der Waals surface area contributed by atoms with Gasteiger partial charge in [0.1, 0.15) is 6.54 Å². The SMILES string of the molecule is CC(C)C[C@H](NC(=O)CN(c1ccccc1C(C)C)S(C)(=O)=O)c1ccccc1. The molecule has 0 fully saturated rings. The molecule has 0 aliphatic rings.